The number of hydrogen-bond acceptors (Lipinski definition) is 1. The summed E-state index contributed by atoms with van der Waals surface area (Å²) in [5, 5.41) is 0. The Labute approximate surface area is 115 Å². The average Bonchev–Trinajstić information content (AvgIpc) is 3.09. The van der Waals surface area contributed by atoms with Crippen LogP contribution >= 0.6 is 15.9 Å². The van der Waals surface area contributed by atoms with Gasteiger partial charge < -0.3 is 4.57 Å². The maximum absolute atomic E-state index is 11.9. The van der Waals surface area contributed by atoms with Crippen molar-refractivity contribution in [3.63, 3.8) is 0 Å². The lowest BCUT2D eigenvalue weighted by atomic mass is 10.1. The first-order valence-corrected chi connectivity index (χ1v) is 6.96. The largest absolute Gasteiger partial charge is 0.349 e. The van der Waals surface area contributed by atoms with E-state index < -0.39 is 0 Å². The molecule has 3 rings (SSSR count). The van der Waals surface area contributed by atoms with Gasteiger partial charge in [0.05, 0.1) is 0 Å². The van der Waals surface area contributed by atoms with Gasteiger partial charge in [0, 0.05) is 34.9 Å². The fraction of sp³-hybridized carbons (Fsp3) is 0.267. The minimum Gasteiger partial charge on any atom is -0.349 e. The number of hydrogen-bond donors (Lipinski definition) is 0. The second-order valence-electron chi connectivity index (χ2n) is 4.84. The van der Waals surface area contributed by atoms with Crippen molar-refractivity contribution in [1.29, 1.82) is 0 Å². The van der Waals surface area contributed by atoms with Crippen molar-refractivity contribution < 1.29 is 4.79 Å². The third-order valence-corrected chi connectivity index (χ3v) is 3.73. The van der Waals surface area contributed by atoms with E-state index in [9.17, 15) is 4.79 Å². The molecule has 1 aliphatic carbocycles. The van der Waals surface area contributed by atoms with Crippen molar-refractivity contribution >= 4 is 21.7 Å². The monoisotopic (exact) mass is 303 g/mol. The number of halogens is 1. The Balaban J connectivity index is 1.75. The molecule has 0 atom stereocenters. The zero-order valence-corrected chi connectivity index (χ0v) is 11.6. The summed E-state index contributed by atoms with van der Waals surface area (Å²) < 4.78 is 3.15. The van der Waals surface area contributed by atoms with E-state index >= 15 is 0 Å². The van der Waals surface area contributed by atoms with Crippen molar-refractivity contribution in [3.05, 3.63) is 58.3 Å². The van der Waals surface area contributed by atoms with Crippen LogP contribution in [0.3, 0.4) is 0 Å². The van der Waals surface area contributed by atoms with Crippen LogP contribution in [0, 0.1) is 5.92 Å². The second kappa shape index (κ2) is 4.73. The first kappa shape index (κ1) is 11.7. The molecule has 0 spiro atoms. The predicted octanol–water partition coefficient (Wildman–Crippen LogP) is 3.89. The van der Waals surface area contributed by atoms with Gasteiger partial charge in [-0.05, 0) is 36.6 Å². The van der Waals surface area contributed by atoms with Gasteiger partial charge in [-0.3, -0.25) is 4.79 Å². The summed E-state index contributed by atoms with van der Waals surface area (Å²) in [6.07, 6.45) is 6.07. The number of aromatic nitrogens is 1. The van der Waals surface area contributed by atoms with Gasteiger partial charge in [-0.25, -0.2) is 0 Å². The molecule has 92 valence electrons. The van der Waals surface area contributed by atoms with Gasteiger partial charge in [-0.2, -0.15) is 0 Å². The van der Waals surface area contributed by atoms with E-state index in [2.05, 4.69) is 32.6 Å². The molecule has 0 radical (unpaired) electrons. The first-order chi connectivity index (χ1) is 8.72. The smallest absolute Gasteiger partial charge is 0.167 e. The lowest BCUT2D eigenvalue weighted by molar-refractivity contribution is 0.0967. The number of rotatable bonds is 4. The molecule has 2 nitrogen and oxygen atoms in total. The number of benzene rings is 1. The van der Waals surface area contributed by atoms with Crippen molar-refractivity contribution in [2.24, 2.45) is 5.92 Å². The maximum atomic E-state index is 11.9. The van der Waals surface area contributed by atoms with Gasteiger partial charge in [0.15, 0.2) is 5.78 Å². The van der Waals surface area contributed by atoms with E-state index in [1.165, 1.54) is 5.56 Å². The summed E-state index contributed by atoms with van der Waals surface area (Å²) in [5.74, 6) is 0.606. The summed E-state index contributed by atoms with van der Waals surface area (Å²) in [5.41, 5.74) is 2.08. The molecule has 18 heavy (non-hydrogen) atoms. The minimum atomic E-state index is 0.298. The number of carbonyl (C=O) groups is 1. The van der Waals surface area contributed by atoms with Crippen LogP contribution in [0.15, 0.2) is 47.2 Å². The van der Waals surface area contributed by atoms with Crippen LogP contribution in [0.1, 0.15) is 28.8 Å². The fourth-order valence-corrected chi connectivity index (χ4v) is 2.56. The van der Waals surface area contributed by atoms with Crippen LogP contribution in [0.25, 0.3) is 0 Å². The van der Waals surface area contributed by atoms with E-state index in [-0.39, 0.29) is 0 Å². The summed E-state index contributed by atoms with van der Waals surface area (Å²) in [6, 6.07) is 10.2. The molecule has 1 heterocycles. The summed E-state index contributed by atoms with van der Waals surface area (Å²) in [6.45, 7) is 0.803. The lowest BCUT2D eigenvalue weighted by Gasteiger charge is -2.03. The number of ketones is 1. The topological polar surface area (TPSA) is 22.0 Å². The molecule has 0 aliphatic heterocycles. The van der Waals surface area contributed by atoms with Gasteiger partial charge >= 0.3 is 0 Å². The minimum absolute atomic E-state index is 0.298. The number of carbonyl (C=O) groups excluding carboxylic acids is 1. The SMILES string of the molecule is O=C(c1ccn(Cc2cccc(Br)c2)c1)C1CC1. The lowest BCUT2D eigenvalue weighted by Crippen LogP contribution is -2.00. The Morgan fingerprint density at radius 3 is 2.89 bits per heavy atom. The van der Waals surface area contributed by atoms with Gasteiger partial charge in [0.25, 0.3) is 0 Å². The predicted molar refractivity (Wildman–Crippen MR) is 74.7 cm³/mol. The van der Waals surface area contributed by atoms with Crippen LogP contribution < -0.4 is 0 Å². The van der Waals surface area contributed by atoms with Gasteiger partial charge in [0.2, 0.25) is 0 Å². The third-order valence-electron chi connectivity index (χ3n) is 3.24. The zero-order valence-electron chi connectivity index (χ0n) is 9.97. The summed E-state index contributed by atoms with van der Waals surface area (Å²) in [7, 11) is 0. The Morgan fingerprint density at radius 1 is 1.33 bits per heavy atom. The van der Waals surface area contributed by atoms with Gasteiger partial charge in [-0.1, -0.05) is 28.1 Å². The fourth-order valence-electron chi connectivity index (χ4n) is 2.11. The molecule has 0 N–H and O–H groups in total. The molecule has 0 unspecified atom stereocenters. The highest BCUT2D eigenvalue weighted by Gasteiger charge is 2.30. The Hall–Kier alpha value is -1.35. The van der Waals surface area contributed by atoms with Gasteiger partial charge in [-0.15, -0.1) is 0 Å². The molecule has 2 aromatic rings. The highest BCUT2D eigenvalue weighted by Crippen LogP contribution is 2.32. The van der Waals surface area contributed by atoms with Crippen molar-refractivity contribution in [2.75, 3.05) is 0 Å². The van der Waals surface area contributed by atoms with E-state index in [1.54, 1.807) is 0 Å². The van der Waals surface area contributed by atoms with Crippen LogP contribution in [0.2, 0.25) is 0 Å². The Morgan fingerprint density at radius 2 is 2.17 bits per heavy atom. The Bertz CT molecular complexity index is 584. The standard InChI is InChI=1S/C15H14BrNO/c16-14-3-1-2-11(8-14)9-17-7-6-13(10-17)15(18)12-4-5-12/h1-3,6-8,10,12H,4-5,9H2. The molecule has 0 saturated heterocycles. The molecule has 1 aliphatic rings. The summed E-state index contributed by atoms with van der Waals surface area (Å²) in [4.78, 5) is 11.9. The first-order valence-electron chi connectivity index (χ1n) is 6.17. The molecule has 3 heteroatoms. The molecule has 1 aromatic heterocycles. The average molecular weight is 304 g/mol. The molecular weight excluding hydrogens is 290 g/mol. The summed E-state index contributed by atoms with van der Waals surface area (Å²) >= 11 is 3.47. The quantitative estimate of drug-likeness (QED) is 0.785. The van der Waals surface area contributed by atoms with Crippen molar-refractivity contribution in [2.45, 2.75) is 19.4 Å². The zero-order chi connectivity index (χ0) is 12.5. The normalized spacial score (nSPS) is 14.7. The van der Waals surface area contributed by atoms with Crippen LogP contribution in [0.5, 0.6) is 0 Å². The molecule has 0 bridgehead atoms. The second-order valence-corrected chi connectivity index (χ2v) is 5.76. The molecule has 1 fully saturated rings. The highest BCUT2D eigenvalue weighted by atomic mass is 79.9. The molecular formula is C15H14BrNO. The highest BCUT2D eigenvalue weighted by molar-refractivity contribution is 9.10. The maximum Gasteiger partial charge on any atom is 0.167 e. The van der Waals surface area contributed by atoms with Gasteiger partial charge in [0.1, 0.15) is 0 Å². The van der Waals surface area contributed by atoms with Crippen LogP contribution in [-0.2, 0) is 6.54 Å². The number of nitrogens with zero attached hydrogens (tertiary/aromatic N) is 1. The number of Topliss-reactive ketones (excluding diaryl/α,β-unsaturated/α-hetero) is 1. The van der Waals surface area contributed by atoms with Crippen molar-refractivity contribution in [1.82, 2.24) is 4.57 Å². The van der Waals surface area contributed by atoms with E-state index in [0.717, 1.165) is 29.4 Å². The molecule has 1 saturated carbocycles. The Kier molecular flexibility index (Phi) is 3.08. The van der Waals surface area contributed by atoms with Crippen molar-refractivity contribution in [3.8, 4) is 0 Å². The third kappa shape index (κ3) is 2.56. The van der Waals surface area contributed by atoms with Crippen LogP contribution in [-0.4, -0.2) is 10.4 Å². The van der Waals surface area contributed by atoms with E-state index in [4.69, 9.17) is 0 Å². The van der Waals surface area contributed by atoms with E-state index in [0.29, 0.717) is 11.7 Å². The molecule has 1 aromatic carbocycles. The van der Waals surface area contributed by atoms with E-state index in [1.807, 2.05) is 30.6 Å². The van der Waals surface area contributed by atoms with Crippen LogP contribution in [0.4, 0.5) is 0 Å². The molecule has 0 amide bonds.